The lowest BCUT2D eigenvalue weighted by molar-refractivity contribution is -0.119. The zero-order chi connectivity index (χ0) is 23.2. The first-order valence-corrected chi connectivity index (χ1v) is 11.8. The van der Waals surface area contributed by atoms with Crippen molar-refractivity contribution in [3.63, 3.8) is 0 Å². The second kappa shape index (κ2) is 11.9. The van der Waals surface area contributed by atoms with Gasteiger partial charge in [0.1, 0.15) is 22.9 Å². The molecule has 0 radical (unpaired) electrons. The molecule has 6 nitrogen and oxygen atoms in total. The molecule has 4 N–H and O–H groups in total. The maximum atomic E-state index is 11.1. The molecule has 3 aromatic rings. The average molecular weight is 484 g/mol. The molecule has 0 saturated heterocycles. The number of carbonyl (C=O) groups excluding carboxylic acids is 1. The van der Waals surface area contributed by atoms with E-state index in [2.05, 4.69) is 29.6 Å². The van der Waals surface area contributed by atoms with E-state index in [0.29, 0.717) is 17.4 Å². The minimum Gasteiger partial charge on any atom is -0.493 e. The highest BCUT2D eigenvalue weighted by molar-refractivity contribution is 5.98. The number of amides is 1. The number of hydrogen-bond donors (Lipinski definition) is 3. The summed E-state index contributed by atoms with van der Waals surface area (Å²) in [6.07, 6.45) is 6.34. The molecule has 4 rings (SSSR count). The van der Waals surface area contributed by atoms with Crippen LogP contribution in [0, 0.1) is 17.2 Å². The van der Waals surface area contributed by atoms with E-state index in [9.17, 15) is 4.79 Å². The zero-order valence-corrected chi connectivity index (χ0v) is 20.5. The van der Waals surface area contributed by atoms with Gasteiger partial charge in [0.25, 0.3) is 0 Å². The SMILES string of the molecule is CC(=O)NCC1CCC(COc2ccc(CCc3cc4cc(C(=N)N)ccc4o3)cc2)CC1.Cl. The van der Waals surface area contributed by atoms with Crippen LogP contribution >= 0.6 is 12.4 Å². The van der Waals surface area contributed by atoms with Crippen molar-refractivity contribution < 1.29 is 13.9 Å². The van der Waals surface area contributed by atoms with Crippen molar-refractivity contribution in [3.8, 4) is 5.75 Å². The molecule has 0 aliphatic heterocycles. The first-order chi connectivity index (χ1) is 16.0. The molecule has 34 heavy (non-hydrogen) atoms. The first kappa shape index (κ1) is 25.6. The van der Waals surface area contributed by atoms with Crippen molar-refractivity contribution in [3.05, 3.63) is 65.4 Å². The Bertz CT molecular complexity index is 1100. The topological polar surface area (TPSA) is 101 Å². The third-order valence-electron chi connectivity index (χ3n) is 6.55. The summed E-state index contributed by atoms with van der Waals surface area (Å²) >= 11 is 0. The smallest absolute Gasteiger partial charge is 0.216 e. The summed E-state index contributed by atoms with van der Waals surface area (Å²) in [6, 6.07) is 16.0. The number of ether oxygens (including phenoxy) is 1. The summed E-state index contributed by atoms with van der Waals surface area (Å²) in [4.78, 5) is 11.1. The van der Waals surface area contributed by atoms with Gasteiger partial charge in [0, 0.05) is 30.8 Å². The van der Waals surface area contributed by atoms with Gasteiger partial charge in [-0.15, -0.1) is 12.4 Å². The van der Waals surface area contributed by atoms with Gasteiger partial charge in [-0.3, -0.25) is 10.2 Å². The van der Waals surface area contributed by atoms with E-state index in [1.165, 1.54) is 5.56 Å². The molecule has 1 saturated carbocycles. The number of halogens is 1. The monoisotopic (exact) mass is 483 g/mol. The molecule has 1 fully saturated rings. The van der Waals surface area contributed by atoms with Crippen molar-refractivity contribution in [1.82, 2.24) is 5.32 Å². The van der Waals surface area contributed by atoms with Crippen LogP contribution in [0.4, 0.5) is 0 Å². The van der Waals surface area contributed by atoms with Gasteiger partial charge in [0.2, 0.25) is 5.91 Å². The Morgan fingerprint density at radius 3 is 2.44 bits per heavy atom. The molecular formula is C27H34ClN3O3. The van der Waals surface area contributed by atoms with Gasteiger partial charge in [-0.25, -0.2) is 0 Å². The molecule has 7 heteroatoms. The van der Waals surface area contributed by atoms with Crippen LogP contribution in [0.25, 0.3) is 11.0 Å². The number of amidine groups is 1. The maximum Gasteiger partial charge on any atom is 0.216 e. The van der Waals surface area contributed by atoms with Gasteiger partial charge >= 0.3 is 0 Å². The highest BCUT2D eigenvalue weighted by Gasteiger charge is 2.21. The molecular weight excluding hydrogens is 450 g/mol. The molecule has 1 heterocycles. The van der Waals surface area contributed by atoms with Crippen LogP contribution in [-0.2, 0) is 17.6 Å². The normalized spacial score (nSPS) is 17.7. The van der Waals surface area contributed by atoms with E-state index in [1.807, 2.05) is 24.3 Å². The summed E-state index contributed by atoms with van der Waals surface area (Å²) in [5, 5.41) is 11.5. The van der Waals surface area contributed by atoms with E-state index >= 15 is 0 Å². The van der Waals surface area contributed by atoms with E-state index in [-0.39, 0.29) is 24.1 Å². The summed E-state index contributed by atoms with van der Waals surface area (Å²) in [6.45, 7) is 3.14. The van der Waals surface area contributed by atoms with Crippen LogP contribution in [0.15, 0.2) is 52.9 Å². The van der Waals surface area contributed by atoms with Gasteiger partial charge < -0.3 is 20.2 Å². The summed E-state index contributed by atoms with van der Waals surface area (Å²) in [5.41, 5.74) is 8.35. The molecule has 0 spiro atoms. The lowest BCUT2D eigenvalue weighted by Gasteiger charge is -2.28. The van der Waals surface area contributed by atoms with Crippen LogP contribution < -0.4 is 15.8 Å². The third kappa shape index (κ3) is 7.00. The number of hydrogen-bond acceptors (Lipinski definition) is 4. The largest absolute Gasteiger partial charge is 0.493 e. The lowest BCUT2D eigenvalue weighted by Crippen LogP contribution is -2.30. The molecule has 182 valence electrons. The van der Waals surface area contributed by atoms with Gasteiger partial charge in [0.15, 0.2) is 0 Å². The Morgan fingerprint density at radius 2 is 1.76 bits per heavy atom. The van der Waals surface area contributed by atoms with Crippen molar-refractivity contribution in [1.29, 1.82) is 5.41 Å². The summed E-state index contributed by atoms with van der Waals surface area (Å²) in [5.74, 6) is 3.17. The number of aryl methyl sites for hydroxylation is 2. The number of nitrogens with one attached hydrogen (secondary N) is 2. The Balaban J connectivity index is 0.00000324. The van der Waals surface area contributed by atoms with Crippen molar-refractivity contribution in [2.24, 2.45) is 17.6 Å². The number of nitrogen functional groups attached to an aromatic ring is 1. The van der Waals surface area contributed by atoms with Crippen LogP contribution in [-0.4, -0.2) is 24.9 Å². The number of carbonyl (C=O) groups is 1. The molecule has 0 unspecified atom stereocenters. The molecule has 1 amide bonds. The highest BCUT2D eigenvalue weighted by Crippen LogP contribution is 2.29. The fraction of sp³-hybridized carbons (Fsp3) is 0.407. The number of nitrogens with two attached hydrogens (primary N) is 1. The predicted molar refractivity (Wildman–Crippen MR) is 138 cm³/mol. The minimum absolute atomic E-state index is 0. The maximum absolute atomic E-state index is 11.1. The molecule has 1 aromatic heterocycles. The van der Waals surface area contributed by atoms with E-state index in [0.717, 1.165) is 74.2 Å². The first-order valence-electron chi connectivity index (χ1n) is 11.8. The lowest BCUT2D eigenvalue weighted by atomic mass is 9.82. The third-order valence-corrected chi connectivity index (χ3v) is 6.55. The number of furan rings is 1. The van der Waals surface area contributed by atoms with Gasteiger partial charge in [0.05, 0.1) is 6.61 Å². The Morgan fingerprint density at radius 1 is 1.06 bits per heavy atom. The fourth-order valence-corrected chi connectivity index (χ4v) is 4.51. The molecule has 0 bridgehead atoms. The Kier molecular flexibility index (Phi) is 8.99. The van der Waals surface area contributed by atoms with Crippen molar-refractivity contribution in [2.75, 3.05) is 13.2 Å². The molecule has 0 atom stereocenters. The van der Waals surface area contributed by atoms with Crippen LogP contribution in [0.1, 0.15) is 49.5 Å². The highest BCUT2D eigenvalue weighted by atomic mass is 35.5. The van der Waals surface area contributed by atoms with Gasteiger partial charge in [-0.2, -0.15) is 0 Å². The Hall–Kier alpha value is -2.99. The second-order valence-electron chi connectivity index (χ2n) is 9.16. The predicted octanol–water partition coefficient (Wildman–Crippen LogP) is 5.25. The number of fused-ring (bicyclic) bond motifs is 1. The molecule has 2 aromatic carbocycles. The Labute approximate surface area is 207 Å². The average Bonchev–Trinajstić information content (AvgIpc) is 3.23. The molecule has 1 aliphatic carbocycles. The second-order valence-corrected chi connectivity index (χ2v) is 9.16. The zero-order valence-electron chi connectivity index (χ0n) is 19.6. The van der Waals surface area contributed by atoms with Crippen LogP contribution in [0.5, 0.6) is 5.75 Å². The van der Waals surface area contributed by atoms with E-state index in [4.69, 9.17) is 20.3 Å². The number of rotatable bonds is 9. The quantitative estimate of drug-likeness (QED) is 0.286. The summed E-state index contributed by atoms with van der Waals surface area (Å²) < 4.78 is 12.0. The minimum atomic E-state index is 0. The van der Waals surface area contributed by atoms with Crippen LogP contribution in [0.2, 0.25) is 0 Å². The standard InChI is InChI=1S/C27H33N3O3.ClH/c1-18(31)30-16-20-2-4-21(5-3-20)17-32-24-10-6-19(7-11-24)8-12-25-15-23-14-22(27(28)29)9-13-26(23)33-25;/h6-7,9-11,13-15,20-21H,2-5,8,12,16-17H2,1H3,(H3,28,29)(H,30,31);1H. The van der Waals surface area contributed by atoms with E-state index in [1.54, 1.807) is 6.92 Å². The molecule has 1 aliphatic rings. The number of benzene rings is 2. The summed E-state index contributed by atoms with van der Waals surface area (Å²) in [7, 11) is 0. The van der Waals surface area contributed by atoms with Crippen LogP contribution in [0.3, 0.4) is 0 Å². The van der Waals surface area contributed by atoms with Crippen molar-refractivity contribution >= 4 is 35.1 Å². The van der Waals surface area contributed by atoms with Gasteiger partial charge in [-0.05, 0) is 85.9 Å². The fourth-order valence-electron chi connectivity index (χ4n) is 4.51. The van der Waals surface area contributed by atoms with E-state index < -0.39 is 0 Å². The van der Waals surface area contributed by atoms with Gasteiger partial charge in [-0.1, -0.05) is 12.1 Å². The van der Waals surface area contributed by atoms with Crippen molar-refractivity contribution in [2.45, 2.75) is 45.4 Å².